The molecule has 0 saturated carbocycles. The number of esters is 3. The predicted molar refractivity (Wildman–Crippen MR) is 156 cm³/mol. The minimum Gasteiger partial charge on any atom is -0.486 e. The Balaban J connectivity index is 1.73. The average molecular weight is 559 g/mol. The average Bonchev–Trinajstić information content (AvgIpc) is 2.98. The number of hydrogen-bond donors (Lipinski definition) is 0. The molecule has 8 nitrogen and oxygen atoms in total. The van der Waals surface area contributed by atoms with Crippen molar-refractivity contribution in [3.63, 3.8) is 0 Å². The molecule has 0 spiro atoms. The van der Waals surface area contributed by atoms with E-state index in [4.69, 9.17) is 23.7 Å². The largest absolute Gasteiger partial charge is 0.486 e. The highest BCUT2D eigenvalue weighted by atomic mass is 16.6. The summed E-state index contributed by atoms with van der Waals surface area (Å²) in [6.07, 6.45) is 0.316. The first-order valence-corrected chi connectivity index (χ1v) is 13.1. The fourth-order valence-electron chi connectivity index (χ4n) is 3.51. The molecular formula is C33H34O8. The van der Waals surface area contributed by atoms with E-state index in [9.17, 15) is 14.4 Å². The van der Waals surface area contributed by atoms with Crippen LogP contribution in [0.4, 0.5) is 0 Å². The van der Waals surface area contributed by atoms with Crippen LogP contribution in [0, 0.1) is 0 Å². The van der Waals surface area contributed by atoms with Crippen LogP contribution in [0.15, 0.2) is 91.0 Å². The molecule has 0 aromatic heterocycles. The standard InChI is InChI=1S/C33H34O8/c1-6-31(34)41-28-14-11-25(12-15-28)24-7-9-26(10-8-24)27-13-16-29(37-17-19-39-32(35)22(2)3)30(21-27)38-18-20-40-33(36)23(4)5/h7-16,21H,2,4,6,17-20H2,1,3,5H3. The maximum absolute atomic E-state index is 11.7. The molecule has 0 atom stereocenters. The minimum absolute atomic E-state index is 0.0384. The van der Waals surface area contributed by atoms with E-state index in [0.29, 0.717) is 34.8 Å². The van der Waals surface area contributed by atoms with Crippen molar-refractivity contribution < 1.29 is 38.1 Å². The lowest BCUT2D eigenvalue weighted by molar-refractivity contribution is -0.140. The second kappa shape index (κ2) is 15.1. The molecule has 0 heterocycles. The summed E-state index contributed by atoms with van der Waals surface area (Å²) in [6.45, 7) is 12.3. The van der Waals surface area contributed by atoms with Gasteiger partial charge >= 0.3 is 17.9 Å². The summed E-state index contributed by atoms with van der Waals surface area (Å²) in [4.78, 5) is 34.8. The molecule has 0 aliphatic rings. The maximum atomic E-state index is 11.7. The van der Waals surface area contributed by atoms with Gasteiger partial charge in [-0.1, -0.05) is 62.5 Å². The van der Waals surface area contributed by atoms with Crippen LogP contribution >= 0.6 is 0 Å². The van der Waals surface area contributed by atoms with Gasteiger partial charge in [-0.05, 0) is 60.4 Å². The summed E-state index contributed by atoms with van der Waals surface area (Å²) in [5.41, 5.74) is 4.43. The maximum Gasteiger partial charge on any atom is 0.333 e. The first kappa shape index (κ1) is 30.7. The zero-order valence-electron chi connectivity index (χ0n) is 23.6. The van der Waals surface area contributed by atoms with Crippen molar-refractivity contribution in [1.82, 2.24) is 0 Å². The quantitative estimate of drug-likeness (QED) is 0.0980. The topological polar surface area (TPSA) is 97.4 Å². The lowest BCUT2D eigenvalue weighted by atomic mass is 10.00. The van der Waals surface area contributed by atoms with Crippen LogP contribution in [-0.2, 0) is 23.9 Å². The molecule has 214 valence electrons. The molecule has 0 unspecified atom stereocenters. The highest BCUT2D eigenvalue weighted by Gasteiger charge is 2.11. The van der Waals surface area contributed by atoms with Crippen molar-refractivity contribution in [2.24, 2.45) is 0 Å². The van der Waals surface area contributed by atoms with Crippen LogP contribution in [0.25, 0.3) is 22.3 Å². The van der Waals surface area contributed by atoms with E-state index >= 15 is 0 Å². The van der Waals surface area contributed by atoms with E-state index in [2.05, 4.69) is 13.2 Å². The van der Waals surface area contributed by atoms with Gasteiger partial charge in [0.05, 0.1) is 0 Å². The normalized spacial score (nSPS) is 10.3. The van der Waals surface area contributed by atoms with E-state index in [-0.39, 0.29) is 32.4 Å². The van der Waals surface area contributed by atoms with Gasteiger partial charge in [0, 0.05) is 17.6 Å². The highest BCUT2D eigenvalue weighted by molar-refractivity contribution is 5.87. The second-order valence-electron chi connectivity index (χ2n) is 9.12. The van der Waals surface area contributed by atoms with Gasteiger partial charge < -0.3 is 23.7 Å². The highest BCUT2D eigenvalue weighted by Crippen LogP contribution is 2.34. The summed E-state index contributed by atoms with van der Waals surface area (Å²) in [7, 11) is 0. The summed E-state index contributed by atoms with van der Waals surface area (Å²) in [6, 6.07) is 20.8. The van der Waals surface area contributed by atoms with Crippen molar-refractivity contribution in [3.8, 4) is 39.5 Å². The Kier molecular flexibility index (Phi) is 11.3. The lowest BCUT2D eigenvalue weighted by Gasteiger charge is -2.15. The number of carbonyl (C=O) groups is 3. The molecule has 41 heavy (non-hydrogen) atoms. The lowest BCUT2D eigenvalue weighted by Crippen LogP contribution is -2.14. The van der Waals surface area contributed by atoms with Crippen LogP contribution in [-0.4, -0.2) is 44.3 Å². The summed E-state index contributed by atoms with van der Waals surface area (Å²) >= 11 is 0. The Morgan fingerprint density at radius 3 is 1.54 bits per heavy atom. The van der Waals surface area contributed by atoms with Gasteiger partial charge in [-0.3, -0.25) is 4.79 Å². The molecule has 0 aliphatic carbocycles. The third kappa shape index (κ3) is 9.39. The number of rotatable bonds is 14. The number of ether oxygens (including phenoxy) is 5. The molecule has 3 aromatic carbocycles. The molecule has 0 saturated heterocycles. The third-order valence-electron chi connectivity index (χ3n) is 5.71. The van der Waals surface area contributed by atoms with Crippen LogP contribution in [0.2, 0.25) is 0 Å². The summed E-state index contributed by atoms with van der Waals surface area (Å²) in [5, 5.41) is 0. The zero-order valence-corrected chi connectivity index (χ0v) is 23.6. The van der Waals surface area contributed by atoms with Crippen LogP contribution in [0.1, 0.15) is 27.2 Å². The van der Waals surface area contributed by atoms with E-state index in [1.165, 1.54) is 0 Å². The Labute approximate surface area is 240 Å². The van der Waals surface area contributed by atoms with Gasteiger partial charge in [0.25, 0.3) is 0 Å². The van der Waals surface area contributed by atoms with E-state index in [0.717, 1.165) is 22.3 Å². The Morgan fingerprint density at radius 2 is 1.05 bits per heavy atom. The fourth-order valence-corrected chi connectivity index (χ4v) is 3.51. The predicted octanol–water partition coefficient (Wildman–Crippen LogP) is 6.33. The number of carbonyl (C=O) groups excluding carboxylic acids is 3. The molecule has 0 amide bonds. The van der Waals surface area contributed by atoms with E-state index < -0.39 is 11.9 Å². The van der Waals surface area contributed by atoms with Crippen molar-refractivity contribution in [2.75, 3.05) is 26.4 Å². The van der Waals surface area contributed by atoms with Crippen molar-refractivity contribution >= 4 is 17.9 Å². The molecule has 3 rings (SSSR count). The fraction of sp³-hybridized carbons (Fsp3) is 0.242. The van der Waals surface area contributed by atoms with Crippen molar-refractivity contribution in [1.29, 1.82) is 0 Å². The molecule has 0 N–H and O–H groups in total. The van der Waals surface area contributed by atoms with Crippen molar-refractivity contribution in [3.05, 3.63) is 91.0 Å². The van der Waals surface area contributed by atoms with E-state index in [1.54, 1.807) is 39.0 Å². The summed E-state index contributed by atoms with van der Waals surface area (Å²) < 4.78 is 27.2. The smallest absolute Gasteiger partial charge is 0.333 e. The molecule has 8 heteroatoms. The number of benzene rings is 3. The second-order valence-corrected chi connectivity index (χ2v) is 9.12. The molecule has 0 bridgehead atoms. The van der Waals surface area contributed by atoms with Crippen molar-refractivity contribution in [2.45, 2.75) is 27.2 Å². The Bertz CT molecular complexity index is 1390. The van der Waals surface area contributed by atoms with Crippen LogP contribution in [0.5, 0.6) is 17.2 Å². The van der Waals surface area contributed by atoms with E-state index in [1.807, 2.05) is 48.5 Å². The van der Waals surface area contributed by atoms with Crippen LogP contribution < -0.4 is 14.2 Å². The number of hydrogen-bond acceptors (Lipinski definition) is 8. The SMILES string of the molecule is C=C(C)C(=O)OCCOc1ccc(-c2ccc(-c3ccc(OC(=O)CC)cc3)cc2)cc1OCCOC(=O)C(=C)C. The molecular weight excluding hydrogens is 524 g/mol. The zero-order chi connectivity index (χ0) is 29.8. The van der Waals surface area contributed by atoms with Gasteiger partial charge in [0.1, 0.15) is 32.2 Å². The van der Waals surface area contributed by atoms with Crippen LogP contribution in [0.3, 0.4) is 0 Å². The minimum atomic E-state index is -0.491. The molecule has 0 fully saturated rings. The molecule has 0 radical (unpaired) electrons. The van der Waals surface area contributed by atoms with Gasteiger partial charge in [0.2, 0.25) is 0 Å². The Hall–Kier alpha value is -4.85. The summed E-state index contributed by atoms with van der Waals surface area (Å²) in [5.74, 6) is 0.151. The Morgan fingerprint density at radius 1 is 0.610 bits per heavy atom. The molecule has 3 aromatic rings. The first-order chi connectivity index (χ1) is 19.7. The molecule has 0 aliphatic heterocycles. The first-order valence-electron chi connectivity index (χ1n) is 13.1. The van der Waals surface area contributed by atoms with Gasteiger partial charge in [-0.25, -0.2) is 9.59 Å². The van der Waals surface area contributed by atoms with Gasteiger partial charge in [-0.15, -0.1) is 0 Å². The van der Waals surface area contributed by atoms with Gasteiger partial charge in [0.15, 0.2) is 11.5 Å². The third-order valence-corrected chi connectivity index (χ3v) is 5.71. The monoisotopic (exact) mass is 558 g/mol. The van der Waals surface area contributed by atoms with Gasteiger partial charge in [-0.2, -0.15) is 0 Å².